The molecular formula is C20H23FN8OS. The van der Waals surface area contributed by atoms with Crippen LogP contribution in [0.5, 0.6) is 5.75 Å². The van der Waals surface area contributed by atoms with E-state index in [2.05, 4.69) is 25.2 Å². The van der Waals surface area contributed by atoms with Crippen LogP contribution in [0.15, 0.2) is 46.9 Å². The number of ether oxygens (including phenoxy) is 1. The molecule has 11 heteroatoms. The highest BCUT2D eigenvalue weighted by Gasteiger charge is 2.24. The van der Waals surface area contributed by atoms with Crippen LogP contribution in [0.2, 0.25) is 0 Å². The van der Waals surface area contributed by atoms with Gasteiger partial charge in [0, 0.05) is 30.6 Å². The molecule has 1 aliphatic rings. The quantitative estimate of drug-likeness (QED) is 0.226. The molecule has 1 fully saturated rings. The number of piperidine rings is 1. The first-order valence-electron chi connectivity index (χ1n) is 9.61. The van der Waals surface area contributed by atoms with Crippen molar-refractivity contribution in [3.63, 3.8) is 0 Å². The van der Waals surface area contributed by atoms with Crippen LogP contribution in [0.25, 0.3) is 0 Å². The zero-order valence-electron chi connectivity index (χ0n) is 16.7. The van der Waals surface area contributed by atoms with Gasteiger partial charge in [0.25, 0.3) is 0 Å². The smallest absolute Gasteiger partial charge is 0.310 e. The van der Waals surface area contributed by atoms with E-state index in [0.717, 1.165) is 48.1 Å². The van der Waals surface area contributed by atoms with Crippen LogP contribution >= 0.6 is 11.3 Å². The van der Waals surface area contributed by atoms with Crippen LogP contribution < -0.4 is 15.4 Å². The van der Waals surface area contributed by atoms with Crippen molar-refractivity contribution >= 4 is 29.2 Å². The van der Waals surface area contributed by atoms with Crippen LogP contribution in [0.3, 0.4) is 0 Å². The lowest BCUT2D eigenvalue weighted by molar-refractivity contribution is 0.301. The average Bonchev–Trinajstić information content (AvgIpc) is 3.29. The monoisotopic (exact) mass is 442 g/mol. The lowest BCUT2D eigenvalue weighted by atomic mass is 9.97. The number of nitrogens with one attached hydrogen (secondary N) is 2. The van der Waals surface area contributed by atoms with Crippen molar-refractivity contribution in [1.82, 2.24) is 15.0 Å². The zero-order valence-corrected chi connectivity index (χ0v) is 17.6. The predicted molar refractivity (Wildman–Crippen MR) is 117 cm³/mol. The van der Waals surface area contributed by atoms with Gasteiger partial charge < -0.3 is 15.4 Å². The van der Waals surface area contributed by atoms with Gasteiger partial charge >= 0.3 is 6.08 Å². The van der Waals surface area contributed by atoms with Gasteiger partial charge in [0.05, 0.1) is 22.7 Å². The molecule has 1 saturated heterocycles. The van der Waals surface area contributed by atoms with Crippen molar-refractivity contribution in [3.05, 3.63) is 58.7 Å². The summed E-state index contributed by atoms with van der Waals surface area (Å²) >= 11 is 1.67. The van der Waals surface area contributed by atoms with Crippen molar-refractivity contribution in [3.8, 4) is 5.75 Å². The molecular weight excluding hydrogens is 419 g/mol. The summed E-state index contributed by atoms with van der Waals surface area (Å²) in [6.45, 7) is 2.07. The summed E-state index contributed by atoms with van der Waals surface area (Å²) in [5, 5.41) is 3.18. The summed E-state index contributed by atoms with van der Waals surface area (Å²) in [6, 6.07) is 9.17. The molecule has 9 nitrogen and oxygen atoms in total. The van der Waals surface area contributed by atoms with Crippen LogP contribution in [0.1, 0.15) is 29.5 Å². The molecule has 3 aromatic rings. The first-order valence-corrected chi connectivity index (χ1v) is 10.5. The standard InChI is InChI=1S/C20H21FN6OS.H2N2/c21-20-23-8-5-18(26-20)27-9-6-14(7-10-27)19-25-16(12-29-19)11-28-17-3-1-15(2-4-17)24-13-22;1-2/h1-5,8,12-14H,6-7,9-11H2,(H2,22,24);1-2H. The zero-order chi connectivity index (χ0) is 22.1. The van der Waals surface area contributed by atoms with Gasteiger partial charge in [-0.3, -0.25) is 0 Å². The Morgan fingerprint density at radius 1 is 1.19 bits per heavy atom. The van der Waals surface area contributed by atoms with Crippen LogP contribution in [0, 0.1) is 17.1 Å². The fourth-order valence-electron chi connectivity index (χ4n) is 3.31. The Hall–Kier alpha value is -3.47. The van der Waals surface area contributed by atoms with E-state index >= 15 is 0 Å². The minimum Gasteiger partial charge on any atom is -0.487 e. The van der Waals surface area contributed by atoms with Crippen LogP contribution in [0.4, 0.5) is 15.9 Å². The summed E-state index contributed by atoms with van der Waals surface area (Å²) in [7, 11) is 0. The molecule has 0 atom stereocenters. The number of halogens is 1. The van der Waals surface area contributed by atoms with E-state index in [-0.39, 0.29) is 0 Å². The van der Waals surface area contributed by atoms with Crippen molar-refractivity contribution in [2.45, 2.75) is 25.4 Å². The van der Waals surface area contributed by atoms with Gasteiger partial charge in [0.2, 0.25) is 0 Å². The molecule has 31 heavy (non-hydrogen) atoms. The molecule has 0 aliphatic carbocycles. The van der Waals surface area contributed by atoms with E-state index in [1.165, 1.54) is 12.5 Å². The van der Waals surface area contributed by atoms with Crippen molar-refractivity contribution in [2.24, 2.45) is 10.7 Å². The number of nitrogens with zero attached hydrogens (tertiary/aromatic N) is 5. The number of rotatable bonds is 6. The van der Waals surface area contributed by atoms with E-state index in [1.54, 1.807) is 17.4 Å². The number of aromatic nitrogens is 3. The number of hydrogen-bond donors (Lipinski definition) is 3. The maximum atomic E-state index is 13.2. The number of benzene rings is 1. The minimum absolute atomic E-state index is 0.407. The second-order valence-electron chi connectivity index (χ2n) is 6.68. The Morgan fingerprint density at radius 2 is 1.94 bits per heavy atom. The first-order chi connectivity index (χ1) is 15.2. The van der Waals surface area contributed by atoms with Gasteiger partial charge in [-0.1, -0.05) is 0 Å². The number of aliphatic imine (C=N–C) groups is 1. The molecule has 0 amide bonds. The minimum atomic E-state index is -0.684. The van der Waals surface area contributed by atoms with Gasteiger partial charge in [-0.05, 0) is 43.2 Å². The number of anilines is 1. The summed E-state index contributed by atoms with van der Waals surface area (Å²) in [5.41, 5.74) is 17.0. The van der Waals surface area contributed by atoms with Gasteiger partial charge in [-0.2, -0.15) is 9.37 Å². The van der Waals surface area contributed by atoms with Crippen LogP contribution in [-0.4, -0.2) is 34.4 Å². The van der Waals surface area contributed by atoms with E-state index in [9.17, 15) is 4.39 Å². The number of nitrogens with two attached hydrogens (primary N) is 1. The Labute approximate surface area is 183 Å². The highest BCUT2D eigenvalue weighted by molar-refractivity contribution is 7.09. The van der Waals surface area contributed by atoms with E-state index < -0.39 is 6.08 Å². The Kier molecular flexibility index (Phi) is 7.93. The molecule has 2 aromatic heterocycles. The lowest BCUT2D eigenvalue weighted by Crippen LogP contribution is -2.33. The number of thiazole rings is 1. The maximum absolute atomic E-state index is 13.2. The van der Waals surface area contributed by atoms with Crippen molar-refractivity contribution < 1.29 is 9.13 Å². The van der Waals surface area contributed by atoms with Crippen molar-refractivity contribution in [2.75, 3.05) is 18.0 Å². The molecule has 3 heterocycles. The second-order valence-corrected chi connectivity index (χ2v) is 7.57. The topological polar surface area (TPSA) is 137 Å². The molecule has 0 radical (unpaired) electrons. The van der Waals surface area contributed by atoms with E-state index in [4.69, 9.17) is 26.5 Å². The molecule has 0 bridgehead atoms. The van der Waals surface area contributed by atoms with Gasteiger partial charge in [-0.15, -0.1) is 11.3 Å². The molecule has 1 aliphatic heterocycles. The third-order valence-electron chi connectivity index (χ3n) is 4.80. The average molecular weight is 443 g/mol. The SMILES string of the molecule is N=N.NC=Nc1ccc(OCc2csc(C3CCN(c4ccnc(F)n4)CC3)n2)cc1. The summed E-state index contributed by atoms with van der Waals surface area (Å²) in [6.07, 6.45) is 3.96. The normalized spacial score (nSPS) is 14.3. The van der Waals surface area contributed by atoms with Gasteiger partial charge in [-0.25, -0.2) is 26.0 Å². The molecule has 0 unspecified atom stereocenters. The predicted octanol–water partition coefficient (Wildman–Crippen LogP) is 4.25. The molecule has 0 spiro atoms. The molecule has 0 saturated carbocycles. The highest BCUT2D eigenvalue weighted by atomic mass is 32.1. The van der Waals surface area contributed by atoms with E-state index in [1.807, 2.05) is 24.3 Å². The van der Waals surface area contributed by atoms with Gasteiger partial charge in [0.15, 0.2) is 0 Å². The summed E-state index contributed by atoms with van der Waals surface area (Å²) < 4.78 is 19.1. The first kappa shape index (κ1) is 22.2. The Morgan fingerprint density at radius 3 is 2.61 bits per heavy atom. The molecule has 162 valence electrons. The molecule has 4 rings (SSSR count). The molecule has 4 N–H and O–H groups in total. The second kappa shape index (κ2) is 11.1. The number of hydrogen-bond acceptors (Lipinski definition) is 9. The van der Waals surface area contributed by atoms with Crippen molar-refractivity contribution in [1.29, 1.82) is 11.1 Å². The lowest BCUT2D eigenvalue weighted by Gasteiger charge is -2.31. The summed E-state index contributed by atoms with van der Waals surface area (Å²) in [4.78, 5) is 18.2. The van der Waals surface area contributed by atoms with Gasteiger partial charge in [0.1, 0.15) is 18.2 Å². The fraction of sp³-hybridized carbons (Fsp3) is 0.300. The Balaban J connectivity index is 0.00000132. The van der Waals surface area contributed by atoms with Crippen LogP contribution in [-0.2, 0) is 6.61 Å². The molecule has 1 aromatic carbocycles. The maximum Gasteiger partial charge on any atom is 0.310 e. The third kappa shape index (κ3) is 6.01. The highest BCUT2D eigenvalue weighted by Crippen LogP contribution is 2.32. The Bertz CT molecular complexity index is 989. The third-order valence-corrected chi connectivity index (χ3v) is 5.85. The summed E-state index contributed by atoms with van der Waals surface area (Å²) in [5.74, 6) is 1.82. The largest absolute Gasteiger partial charge is 0.487 e. The fourth-order valence-corrected chi connectivity index (χ4v) is 4.28. The van der Waals surface area contributed by atoms with E-state index in [0.29, 0.717) is 18.3 Å².